The fraction of sp³-hybridized carbons (Fsp3) is 0.625. The zero-order valence-corrected chi connectivity index (χ0v) is 20.2. The highest BCUT2D eigenvalue weighted by molar-refractivity contribution is 8.08. The summed E-state index contributed by atoms with van der Waals surface area (Å²) in [6.07, 6.45) is 7.92. The molecule has 0 radical (unpaired) electrons. The van der Waals surface area contributed by atoms with E-state index in [1.54, 1.807) is 0 Å². The number of nitrogens with two attached hydrogens (primary N) is 1. The first-order chi connectivity index (χ1) is 16.9. The molecule has 5 rings (SSSR count). The van der Waals surface area contributed by atoms with Crippen molar-refractivity contribution in [2.24, 2.45) is 17.8 Å². The van der Waals surface area contributed by atoms with Gasteiger partial charge in [-0.3, -0.25) is 19.0 Å². The molecule has 3 fully saturated rings. The predicted octanol–water partition coefficient (Wildman–Crippen LogP) is 2.47. The van der Waals surface area contributed by atoms with Crippen LogP contribution in [-0.4, -0.2) is 45.4 Å². The molecule has 0 saturated heterocycles. The average molecular weight is 504 g/mol. The van der Waals surface area contributed by atoms with Crippen molar-refractivity contribution in [3.05, 3.63) is 28.5 Å². The van der Waals surface area contributed by atoms with Gasteiger partial charge in [0.15, 0.2) is 11.9 Å². The van der Waals surface area contributed by atoms with E-state index in [4.69, 9.17) is 19.9 Å². The number of anilines is 1. The van der Waals surface area contributed by atoms with E-state index >= 15 is 0 Å². The van der Waals surface area contributed by atoms with Crippen LogP contribution in [0.15, 0.2) is 22.8 Å². The molecule has 2 atom stereocenters. The number of carbonyl (C=O) groups excluding carboxylic acids is 3. The van der Waals surface area contributed by atoms with Crippen molar-refractivity contribution in [1.82, 2.24) is 9.55 Å². The Bertz CT molecular complexity index is 1100. The molecule has 11 heteroatoms. The van der Waals surface area contributed by atoms with Gasteiger partial charge in [0.05, 0.1) is 23.0 Å². The van der Waals surface area contributed by atoms with Crippen LogP contribution in [0.2, 0.25) is 0 Å². The minimum Gasteiger partial charge on any atom is -0.464 e. The molecule has 10 nitrogen and oxygen atoms in total. The van der Waals surface area contributed by atoms with E-state index in [2.05, 4.69) is 4.98 Å². The van der Waals surface area contributed by atoms with Gasteiger partial charge in [0, 0.05) is 6.20 Å². The van der Waals surface area contributed by atoms with E-state index in [0.717, 1.165) is 57.8 Å². The van der Waals surface area contributed by atoms with Gasteiger partial charge in [-0.2, -0.15) is 4.98 Å². The second kappa shape index (κ2) is 10.0. The molecule has 0 aromatic carbocycles. The highest BCUT2D eigenvalue weighted by Gasteiger charge is 2.46. The third-order valence-electron chi connectivity index (χ3n) is 7.27. The van der Waals surface area contributed by atoms with Crippen LogP contribution in [-0.2, 0) is 28.6 Å². The lowest BCUT2D eigenvalue weighted by Gasteiger charge is -2.29. The van der Waals surface area contributed by atoms with Gasteiger partial charge in [-0.1, -0.05) is 31.0 Å². The average Bonchev–Trinajstić information content (AvgIpc) is 2.99. The normalized spacial score (nSPS) is 24.8. The number of hydrogen-bond acceptors (Lipinski definition) is 10. The molecule has 0 spiro atoms. The lowest BCUT2D eigenvalue weighted by atomic mass is 9.85. The summed E-state index contributed by atoms with van der Waals surface area (Å²) in [6.45, 7) is -0.0479. The van der Waals surface area contributed by atoms with Crippen LogP contribution in [0.1, 0.15) is 57.8 Å². The van der Waals surface area contributed by atoms with E-state index < -0.39 is 23.0 Å². The smallest absolute Gasteiger partial charge is 0.354 e. The number of rotatable bonds is 8. The molecule has 3 aliphatic carbocycles. The first-order valence-electron chi connectivity index (χ1n) is 12.3. The summed E-state index contributed by atoms with van der Waals surface area (Å²) in [5.74, 6) is -1.48. The molecule has 188 valence electrons. The molecule has 3 saturated carbocycles. The molecule has 1 unspecified atom stereocenters. The number of hydrogen-bond donors (Lipinski definition) is 1. The number of nitrogen functional groups attached to an aromatic ring is 1. The molecular weight excluding hydrogens is 474 g/mol. The Hall–Kier alpha value is -2.82. The lowest BCUT2D eigenvalue weighted by Crippen LogP contribution is -2.38. The van der Waals surface area contributed by atoms with E-state index in [9.17, 15) is 19.2 Å². The van der Waals surface area contributed by atoms with Crippen LogP contribution in [0, 0.1) is 17.8 Å². The summed E-state index contributed by atoms with van der Waals surface area (Å²) < 4.78 is 18.5. The van der Waals surface area contributed by atoms with Crippen molar-refractivity contribution in [1.29, 1.82) is 0 Å². The predicted molar refractivity (Wildman–Crippen MR) is 126 cm³/mol. The summed E-state index contributed by atoms with van der Waals surface area (Å²) >= 11 is 1.17. The largest absolute Gasteiger partial charge is 0.464 e. The Morgan fingerprint density at radius 3 is 2.14 bits per heavy atom. The maximum atomic E-state index is 12.8. The third kappa shape index (κ3) is 4.96. The molecule has 0 amide bonds. The SMILES string of the molecule is Nc1ccn(C2=C(OC(=O)C3CCC3)C(OC(=O)C3CCC3)[C@@H](COC(=O)C3CCC3)S2)c(=O)n1. The topological polar surface area (TPSA) is 140 Å². The Morgan fingerprint density at radius 2 is 1.57 bits per heavy atom. The van der Waals surface area contributed by atoms with Crippen molar-refractivity contribution in [3.63, 3.8) is 0 Å². The van der Waals surface area contributed by atoms with Gasteiger partial charge in [-0.05, 0) is 44.6 Å². The maximum absolute atomic E-state index is 12.8. The Kier molecular flexibility index (Phi) is 6.86. The zero-order valence-electron chi connectivity index (χ0n) is 19.4. The standard InChI is InChI=1S/C24H29N3O7S/c25-17-10-11-27(24(31)26-17)20-19(34-23(30)15-8-3-9-15)18(33-22(29)14-6-2-7-14)16(35-20)12-32-21(28)13-4-1-5-13/h10-11,13-16,18H,1-9,12H2,(H2,25,26,31)/t16-,18?/m1/s1. The van der Waals surface area contributed by atoms with E-state index in [0.29, 0.717) is 0 Å². The highest BCUT2D eigenvalue weighted by Crippen LogP contribution is 2.45. The summed E-state index contributed by atoms with van der Waals surface area (Å²) in [7, 11) is 0. The number of carbonyl (C=O) groups is 3. The van der Waals surface area contributed by atoms with Gasteiger partial charge < -0.3 is 19.9 Å². The molecule has 4 aliphatic rings. The number of nitrogens with zero attached hydrogens (tertiary/aromatic N) is 2. The van der Waals surface area contributed by atoms with Gasteiger partial charge in [0.1, 0.15) is 17.5 Å². The first-order valence-corrected chi connectivity index (χ1v) is 13.1. The number of thioether (sulfide) groups is 1. The van der Waals surface area contributed by atoms with Crippen molar-refractivity contribution in [2.45, 2.75) is 69.1 Å². The fourth-order valence-electron chi connectivity index (χ4n) is 4.28. The molecule has 0 bridgehead atoms. The Labute approximate surface area is 206 Å². The second-order valence-electron chi connectivity index (χ2n) is 9.62. The lowest BCUT2D eigenvalue weighted by molar-refractivity contribution is -0.162. The molecule has 1 aliphatic heterocycles. The fourth-order valence-corrected chi connectivity index (χ4v) is 5.53. The van der Waals surface area contributed by atoms with E-state index in [1.165, 1.54) is 28.6 Å². The van der Waals surface area contributed by atoms with Crippen LogP contribution in [0.4, 0.5) is 5.82 Å². The van der Waals surface area contributed by atoms with Crippen molar-refractivity contribution < 1.29 is 28.6 Å². The van der Waals surface area contributed by atoms with Crippen LogP contribution < -0.4 is 11.4 Å². The summed E-state index contributed by atoms with van der Waals surface area (Å²) in [6, 6.07) is 1.46. The van der Waals surface area contributed by atoms with Gasteiger partial charge in [-0.15, -0.1) is 0 Å². The number of aromatic nitrogens is 2. The van der Waals surface area contributed by atoms with Crippen LogP contribution >= 0.6 is 11.8 Å². The molecule has 1 aromatic heterocycles. The maximum Gasteiger partial charge on any atom is 0.354 e. The second-order valence-corrected chi connectivity index (χ2v) is 10.9. The van der Waals surface area contributed by atoms with Crippen molar-refractivity contribution in [2.75, 3.05) is 12.3 Å². The van der Waals surface area contributed by atoms with Crippen molar-refractivity contribution >= 4 is 40.5 Å². The number of esters is 3. The first kappa shape index (κ1) is 23.9. The van der Waals surface area contributed by atoms with Gasteiger partial charge in [0.25, 0.3) is 0 Å². The monoisotopic (exact) mass is 503 g/mol. The Balaban J connectivity index is 1.45. The summed E-state index contributed by atoms with van der Waals surface area (Å²) in [5, 5.41) is -0.294. The molecule has 1 aromatic rings. The number of ether oxygens (including phenoxy) is 3. The minimum atomic E-state index is -0.981. The van der Waals surface area contributed by atoms with Gasteiger partial charge in [0.2, 0.25) is 0 Å². The highest BCUT2D eigenvalue weighted by atomic mass is 32.2. The van der Waals surface area contributed by atoms with Crippen LogP contribution in [0.5, 0.6) is 0 Å². The van der Waals surface area contributed by atoms with Crippen LogP contribution in [0.25, 0.3) is 5.03 Å². The Morgan fingerprint density at radius 1 is 0.971 bits per heavy atom. The molecule has 35 heavy (non-hydrogen) atoms. The minimum absolute atomic E-state index is 0.0479. The quantitative estimate of drug-likeness (QED) is 0.415. The summed E-state index contributed by atoms with van der Waals surface area (Å²) in [5.41, 5.74) is 5.00. The van der Waals surface area contributed by atoms with Crippen molar-refractivity contribution in [3.8, 4) is 0 Å². The molecular formula is C24H29N3O7S. The molecule has 2 N–H and O–H groups in total. The molecule has 2 heterocycles. The third-order valence-corrected chi connectivity index (χ3v) is 8.58. The van der Waals surface area contributed by atoms with E-state index in [-0.39, 0.29) is 52.9 Å². The van der Waals surface area contributed by atoms with Gasteiger partial charge in [-0.25, -0.2) is 4.79 Å². The van der Waals surface area contributed by atoms with E-state index in [1.807, 2.05) is 0 Å². The zero-order chi connectivity index (χ0) is 24.5. The van der Waals surface area contributed by atoms with Gasteiger partial charge >= 0.3 is 23.6 Å². The van der Waals surface area contributed by atoms with Crippen LogP contribution in [0.3, 0.4) is 0 Å². The summed E-state index contributed by atoms with van der Waals surface area (Å²) in [4.78, 5) is 54.5.